The summed E-state index contributed by atoms with van der Waals surface area (Å²) in [5, 5.41) is 24.6. The Morgan fingerprint density at radius 1 is 1.42 bits per heavy atom. The number of aliphatic hydroxyl groups is 1. The SMILES string of the molecule is CC1(CNC(=O)c2cn(C3CCNCC3)nn2)CCCCC1O.Cl. The molecule has 1 aromatic rings. The average molecular weight is 358 g/mol. The van der Waals surface area contributed by atoms with Crippen molar-refractivity contribution in [3.63, 3.8) is 0 Å². The molecule has 3 N–H and O–H groups in total. The molecule has 1 aliphatic carbocycles. The molecule has 1 saturated carbocycles. The molecule has 2 fully saturated rings. The first-order chi connectivity index (χ1) is 11.1. The molecule has 3 rings (SSSR count). The third kappa shape index (κ3) is 4.26. The van der Waals surface area contributed by atoms with E-state index in [1.807, 2.05) is 11.6 Å². The van der Waals surface area contributed by atoms with Crippen LogP contribution in [0.2, 0.25) is 0 Å². The van der Waals surface area contributed by atoms with Crippen molar-refractivity contribution in [2.45, 2.75) is 57.6 Å². The second-order valence-electron chi connectivity index (χ2n) is 7.16. The number of amides is 1. The summed E-state index contributed by atoms with van der Waals surface area (Å²) in [6, 6.07) is 0.322. The van der Waals surface area contributed by atoms with Gasteiger partial charge < -0.3 is 15.7 Å². The molecule has 2 aliphatic rings. The maximum atomic E-state index is 12.3. The molecular weight excluding hydrogens is 330 g/mol. The van der Waals surface area contributed by atoms with Gasteiger partial charge in [-0.1, -0.05) is 25.0 Å². The van der Waals surface area contributed by atoms with Gasteiger partial charge in [0.2, 0.25) is 0 Å². The van der Waals surface area contributed by atoms with Crippen molar-refractivity contribution >= 4 is 18.3 Å². The van der Waals surface area contributed by atoms with Gasteiger partial charge in [0.1, 0.15) is 0 Å². The van der Waals surface area contributed by atoms with Crippen LogP contribution in [0.15, 0.2) is 6.20 Å². The number of nitrogens with one attached hydrogen (secondary N) is 2. The molecule has 1 saturated heterocycles. The van der Waals surface area contributed by atoms with E-state index in [0.717, 1.165) is 51.6 Å². The second kappa shape index (κ2) is 8.27. The first kappa shape index (κ1) is 19.1. The van der Waals surface area contributed by atoms with Gasteiger partial charge in [0.25, 0.3) is 5.91 Å². The van der Waals surface area contributed by atoms with Gasteiger partial charge in [-0.15, -0.1) is 17.5 Å². The van der Waals surface area contributed by atoms with E-state index in [9.17, 15) is 9.90 Å². The minimum absolute atomic E-state index is 0. The first-order valence-corrected chi connectivity index (χ1v) is 8.67. The Morgan fingerprint density at radius 2 is 2.17 bits per heavy atom. The van der Waals surface area contributed by atoms with Gasteiger partial charge in [0, 0.05) is 12.0 Å². The summed E-state index contributed by atoms with van der Waals surface area (Å²) in [5.41, 5.74) is 0.122. The van der Waals surface area contributed by atoms with Gasteiger partial charge >= 0.3 is 0 Å². The topological polar surface area (TPSA) is 92.1 Å². The average Bonchev–Trinajstić information content (AvgIpc) is 3.07. The summed E-state index contributed by atoms with van der Waals surface area (Å²) in [4.78, 5) is 12.3. The minimum Gasteiger partial charge on any atom is -0.392 e. The number of piperidine rings is 1. The molecule has 2 atom stereocenters. The quantitative estimate of drug-likeness (QED) is 0.755. The molecule has 7 nitrogen and oxygen atoms in total. The van der Waals surface area contributed by atoms with Gasteiger partial charge in [0.05, 0.1) is 18.3 Å². The largest absolute Gasteiger partial charge is 0.392 e. The third-order valence-electron chi connectivity index (χ3n) is 5.36. The fraction of sp³-hybridized carbons (Fsp3) is 0.812. The van der Waals surface area contributed by atoms with Crippen LogP contribution >= 0.6 is 12.4 Å². The number of hydrogen-bond acceptors (Lipinski definition) is 5. The smallest absolute Gasteiger partial charge is 0.273 e. The summed E-state index contributed by atoms with van der Waals surface area (Å²) in [7, 11) is 0. The van der Waals surface area contributed by atoms with E-state index in [2.05, 4.69) is 20.9 Å². The minimum atomic E-state index is -0.345. The van der Waals surface area contributed by atoms with Gasteiger partial charge in [-0.3, -0.25) is 4.79 Å². The van der Waals surface area contributed by atoms with E-state index in [-0.39, 0.29) is 29.8 Å². The van der Waals surface area contributed by atoms with Crippen LogP contribution in [-0.2, 0) is 0 Å². The van der Waals surface area contributed by atoms with Crippen molar-refractivity contribution in [3.05, 3.63) is 11.9 Å². The molecule has 8 heteroatoms. The number of rotatable bonds is 4. The summed E-state index contributed by atoms with van der Waals surface area (Å²) in [6.45, 7) is 4.47. The third-order valence-corrected chi connectivity index (χ3v) is 5.36. The molecule has 0 aromatic carbocycles. The maximum absolute atomic E-state index is 12.3. The lowest BCUT2D eigenvalue weighted by Crippen LogP contribution is -2.45. The molecule has 1 aromatic heterocycles. The fourth-order valence-electron chi connectivity index (χ4n) is 3.59. The van der Waals surface area contributed by atoms with E-state index in [0.29, 0.717) is 18.3 Å². The van der Waals surface area contributed by atoms with Crippen LogP contribution in [0.3, 0.4) is 0 Å². The number of aromatic nitrogens is 3. The number of nitrogens with zero attached hydrogens (tertiary/aromatic N) is 3. The number of carbonyl (C=O) groups is 1. The highest BCUT2D eigenvalue weighted by molar-refractivity contribution is 5.91. The predicted molar refractivity (Wildman–Crippen MR) is 93.3 cm³/mol. The van der Waals surface area contributed by atoms with Gasteiger partial charge in [0.15, 0.2) is 5.69 Å². The van der Waals surface area contributed by atoms with E-state index >= 15 is 0 Å². The summed E-state index contributed by atoms with van der Waals surface area (Å²) in [6.07, 6.45) is 7.34. The number of carbonyl (C=O) groups excluding carboxylic acids is 1. The number of hydrogen-bond donors (Lipinski definition) is 3. The summed E-state index contributed by atoms with van der Waals surface area (Å²) < 4.78 is 1.81. The van der Waals surface area contributed by atoms with Crippen LogP contribution in [0.25, 0.3) is 0 Å². The molecule has 1 aliphatic heterocycles. The summed E-state index contributed by atoms with van der Waals surface area (Å²) >= 11 is 0. The Balaban J connectivity index is 0.00000208. The molecule has 2 unspecified atom stereocenters. The summed E-state index contributed by atoms with van der Waals surface area (Å²) in [5.74, 6) is -0.204. The van der Waals surface area contributed by atoms with Crippen molar-refractivity contribution in [1.29, 1.82) is 0 Å². The molecule has 2 heterocycles. The van der Waals surface area contributed by atoms with Gasteiger partial charge in [-0.25, -0.2) is 4.68 Å². The zero-order valence-electron chi connectivity index (χ0n) is 14.2. The van der Waals surface area contributed by atoms with Crippen molar-refractivity contribution in [2.75, 3.05) is 19.6 Å². The zero-order valence-corrected chi connectivity index (χ0v) is 15.0. The van der Waals surface area contributed by atoms with Crippen LogP contribution in [-0.4, -0.2) is 51.7 Å². The Bertz CT molecular complexity index is 546. The normalized spacial score (nSPS) is 28.2. The Hall–Kier alpha value is -1.18. The zero-order chi connectivity index (χ0) is 16.3. The molecule has 0 radical (unpaired) electrons. The van der Waals surface area contributed by atoms with E-state index < -0.39 is 0 Å². The monoisotopic (exact) mass is 357 g/mol. The van der Waals surface area contributed by atoms with Crippen LogP contribution < -0.4 is 10.6 Å². The molecule has 24 heavy (non-hydrogen) atoms. The fourth-order valence-corrected chi connectivity index (χ4v) is 3.59. The van der Waals surface area contributed by atoms with Gasteiger partial charge in [-0.2, -0.15) is 0 Å². The van der Waals surface area contributed by atoms with E-state index in [1.54, 1.807) is 6.20 Å². The molecule has 0 bridgehead atoms. The molecule has 136 valence electrons. The highest BCUT2D eigenvalue weighted by Gasteiger charge is 2.35. The van der Waals surface area contributed by atoms with Crippen LogP contribution in [0.4, 0.5) is 0 Å². The lowest BCUT2D eigenvalue weighted by Gasteiger charge is -2.38. The Kier molecular flexibility index (Phi) is 6.60. The van der Waals surface area contributed by atoms with Crippen molar-refractivity contribution in [2.24, 2.45) is 5.41 Å². The van der Waals surface area contributed by atoms with Crippen LogP contribution in [0.1, 0.15) is 62.0 Å². The Morgan fingerprint density at radius 3 is 2.88 bits per heavy atom. The van der Waals surface area contributed by atoms with Crippen molar-refractivity contribution in [1.82, 2.24) is 25.6 Å². The predicted octanol–water partition coefficient (Wildman–Crippen LogP) is 1.30. The lowest BCUT2D eigenvalue weighted by atomic mass is 9.73. The molecule has 1 amide bonds. The molecular formula is C16H28ClN5O2. The van der Waals surface area contributed by atoms with E-state index in [4.69, 9.17) is 0 Å². The Labute approximate surface area is 149 Å². The highest BCUT2D eigenvalue weighted by Crippen LogP contribution is 2.35. The van der Waals surface area contributed by atoms with Crippen LogP contribution in [0.5, 0.6) is 0 Å². The second-order valence-corrected chi connectivity index (χ2v) is 7.16. The first-order valence-electron chi connectivity index (χ1n) is 8.67. The number of halogens is 1. The van der Waals surface area contributed by atoms with Gasteiger partial charge in [-0.05, 0) is 38.8 Å². The maximum Gasteiger partial charge on any atom is 0.273 e. The van der Waals surface area contributed by atoms with Crippen molar-refractivity contribution < 1.29 is 9.90 Å². The van der Waals surface area contributed by atoms with Crippen molar-refractivity contribution in [3.8, 4) is 0 Å². The lowest BCUT2D eigenvalue weighted by molar-refractivity contribution is 0.00187. The van der Waals surface area contributed by atoms with E-state index in [1.165, 1.54) is 0 Å². The van der Waals surface area contributed by atoms with Crippen LogP contribution in [0, 0.1) is 5.41 Å². The highest BCUT2D eigenvalue weighted by atomic mass is 35.5. The molecule has 0 spiro atoms. The standard InChI is InChI=1S/C16H27N5O2.ClH/c1-16(7-3-2-4-14(16)22)11-18-15(23)13-10-21(20-19-13)12-5-8-17-9-6-12;/h10,12,14,17,22H,2-9,11H2,1H3,(H,18,23);1H. The number of aliphatic hydroxyl groups excluding tert-OH is 1.